The van der Waals surface area contributed by atoms with Crippen LogP contribution in [0.5, 0.6) is 5.75 Å². The Morgan fingerprint density at radius 3 is 2.52 bits per heavy atom. The van der Waals surface area contributed by atoms with E-state index >= 15 is 0 Å². The number of hydrogen-bond donors (Lipinski definition) is 1. The number of carbonyl (C=O) groups excluding carboxylic acids is 1. The minimum Gasteiger partial charge on any atom is -0.496 e. The van der Waals surface area contributed by atoms with E-state index in [9.17, 15) is 9.90 Å². The summed E-state index contributed by atoms with van der Waals surface area (Å²) in [6.07, 6.45) is 6.28. The number of Topliss-reactive ketones (excluding diaryl/α,β-unsaturated/α-hetero) is 1. The Kier molecular flexibility index (Phi) is 8.29. The first kappa shape index (κ1) is 26.2. The molecule has 0 saturated carbocycles. The summed E-state index contributed by atoms with van der Waals surface area (Å²) < 4.78 is 12.8. The average molecular weight is 473 g/mol. The van der Waals surface area contributed by atoms with Gasteiger partial charge in [-0.1, -0.05) is 59.1 Å². The minimum absolute atomic E-state index is 0.0672. The Labute approximate surface area is 201 Å². The third-order valence-electron chi connectivity index (χ3n) is 8.05. The van der Waals surface area contributed by atoms with Gasteiger partial charge >= 0.3 is 0 Å². The number of aliphatic hydroxyl groups excluding tert-OH is 1. The molecule has 4 nitrogen and oxygen atoms in total. The highest BCUT2D eigenvalue weighted by Gasteiger charge is 2.47. The second-order valence-electron chi connectivity index (χ2n) is 11.4. The summed E-state index contributed by atoms with van der Waals surface area (Å²) in [6.45, 7) is 13.5. The summed E-state index contributed by atoms with van der Waals surface area (Å²) in [7, 11) is -0.384. The van der Waals surface area contributed by atoms with Crippen molar-refractivity contribution in [1.82, 2.24) is 0 Å². The van der Waals surface area contributed by atoms with Gasteiger partial charge in [-0.3, -0.25) is 4.79 Å². The predicted octanol–water partition coefficient (Wildman–Crippen LogP) is 6.92. The van der Waals surface area contributed by atoms with E-state index in [-0.39, 0.29) is 28.9 Å². The fourth-order valence-electron chi connectivity index (χ4n) is 5.04. The molecule has 0 aliphatic heterocycles. The minimum atomic E-state index is -2.10. The molecule has 184 valence electrons. The molecule has 1 aromatic rings. The van der Waals surface area contributed by atoms with Crippen molar-refractivity contribution in [2.75, 3.05) is 7.11 Å². The maximum Gasteiger partial charge on any atom is 0.193 e. The van der Waals surface area contributed by atoms with E-state index < -0.39 is 8.32 Å². The number of aliphatic hydroxyl groups is 1. The van der Waals surface area contributed by atoms with Crippen LogP contribution in [-0.2, 0) is 15.6 Å². The van der Waals surface area contributed by atoms with Gasteiger partial charge in [0.1, 0.15) is 5.75 Å². The molecular formula is C28H44O4Si. The summed E-state index contributed by atoms with van der Waals surface area (Å²) in [4.78, 5) is 13.2. The number of rotatable bonds is 10. The van der Waals surface area contributed by atoms with Crippen LogP contribution in [0, 0.1) is 5.92 Å². The van der Waals surface area contributed by atoms with Gasteiger partial charge in [0.2, 0.25) is 0 Å². The van der Waals surface area contributed by atoms with Crippen molar-refractivity contribution in [3.63, 3.8) is 0 Å². The highest BCUT2D eigenvalue weighted by atomic mass is 28.4. The van der Waals surface area contributed by atoms with Crippen molar-refractivity contribution in [2.45, 2.75) is 109 Å². The quantitative estimate of drug-likeness (QED) is 0.296. The van der Waals surface area contributed by atoms with Crippen molar-refractivity contribution in [1.29, 1.82) is 0 Å². The lowest BCUT2D eigenvalue weighted by Gasteiger charge is -2.43. The molecule has 0 aromatic heterocycles. The van der Waals surface area contributed by atoms with E-state index in [4.69, 9.17) is 9.16 Å². The zero-order valence-electron chi connectivity index (χ0n) is 21.8. The number of carbonyl (C=O) groups is 1. The monoisotopic (exact) mass is 472 g/mol. The molecule has 3 atom stereocenters. The molecule has 33 heavy (non-hydrogen) atoms. The van der Waals surface area contributed by atoms with Crippen LogP contribution in [-0.4, -0.2) is 32.4 Å². The number of fused-ring (bicyclic) bond motifs is 2. The molecule has 1 aromatic carbocycles. The third-order valence-corrected chi connectivity index (χ3v) is 12.5. The molecule has 0 fully saturated rings. The van der Waals surface area contributed by atoms with Crippen LogP contribution in [0.3, 0.4) is 0 Å². The summed E-state index contributed by atoms with van der Waals surface area (Å²) in [5, 5.41) is 10.6. The van der Waals surface area contributed by atoms with Crippen molar-refractivity contribution in [2.24, 2.45) is 5.92 Å². The maximum absolute atomic E-state index is 13.2. The van der Waals surface area contributed by atoms with Gasteiger partial charge in [0, 0.05) is 12.0 Å². The smallest absolute Gasteiger partial charge is 0.193 e. The summed E-state index contributed by atoms with van der Waals surface area (Å²) in [6, 6.07) is 6.20. The van der Waals surface area contributed by atoms with Gasteiger partial charge in [-0.25, -0.2) is 0 Å². The first-order valence-electron chi connectivity index (χ1n) is 12.8. The van der Waals surface area contributed by atoms with Crippen LogP contribution in [0.2, 0.25) is 18.1 Å². The summed E-state index contributed by atoms with van der Waals surface area (Å²) >= 11 is 0. The molecule has 0 heterocycles. The molecule has 0 radical (unpaired) electrons. The molecule has 3 rings (SSSR count). The third kappa shape index (κ3) is 5.63. The van der Waals surface area contributed by atoms with Gasteiger partial charge in [-0.05, 0) is 72.5 Å². The first-order chi connectivity index (χ1) is 15.5. The van der Waals surface area contributed by atoms with Gasteiger partial charge in [-0.15, -0.1) is 0 Å². The largest absolute Gasteiger partial charge is 0.496 e. The molecule has 1 N–H and O–H groups in total. The topological polar surface area (TPSA) is 55.8 Å². The zero-order valence-corrected chi connectivity index (χ0v) is 22.8. The van der Waals surface area contributed by atoms with E-state index in [1.54, 1.807) is 7.11 Å². The number of benzene rings is 1. The second kappa shape index (κ2) is 10.5. The fourth-order valence-corrected chi connectivity index (χ4v) is 6.23. The van der Waals surface area contributed by atoms with E-state index in [0.29, 0.717) is 19.3 Å². The van der Waals surface area contributed by atoms with Gasteiger partial charge in [0.15, 0.2) is 14.1 Å². The Balaban J connectivity index is 1.98. The molecule has 0 amide bonds. The van der Waals surface area contributed by atoms with Crippen LogP contribution in [0.25, 0.3) is 0 Å². The highest BCUT2D eigenvalue weighted by Crippen LogP contribution is 2.52. The zero-order chi connectivity index (χ0) is 24.4. The number of ether oxygens (including phenoxy) is 1. The van der Waals surface area contributed by atoms with E-state index in [2.05, 4.69) is 46.9 Å². The predicted molar refractivity (Wildman–Crippen MR) is 137 cm³/mol. The Bertz CT molecular complexity index is 880. The maximum atomic E-state index is 13.2. The van der Waals surface area contributed by atoms with Gasteiger partial charge in [-0.2, -0.15) is 0 Å². The Morgan fingerprint density at radius 2 is 1.88 bits per heavy atom. The van der Waals surface area contributed by atoms with Crippen LogP contribution < -0.4 is 4.74 Å². The van der Waals surface area contributed by atoms with Crippen molar-refractivity contribution >= 4 is 14.1 Å². The number of ketones is 1. The normalized spacial score (nSPS) is 21.8. The van der Waals surface area contributed by atoms with Gasteiger partial charge in [0.05, 0.1) is 19.3 Å². The van der Waals surface area contributed by atoms with Crippen molar-refractivity contribution < 1.29 is 19.1 Å². The SMILES string of the molecule is CCCCC[C@H](O)CCC1=C2C(O[Si](C)(C)C(C)(C)C)c3cccc(OC)c3C[C@@H]2CC1=O. The van der Waals surface area contributed by atoms with Gasteiger partial charge in [0.25, 0.3) is 0 Å². The first-order valence-corrected chi connectivity index (χ1v) is 15.7. The highest BCUT2D eigenvalue weighted by molar-refractivity contribution is 6.74. The van der Waals surface area contributed by atoms with E-state index in [1.807, 2.05) is 12.1 Å². The van der Waals surface area contributed by atoms with Crippen LogP contribution in [0.1, 0.15) is 89.9 Å². The molecule has 2 aliphatic rings. The van der Waals surface area contributed by atoms with Crippen LogP contribution in [0.4, 0.5) is 0 Å². The summed E-state index contributed by atoms with van der Waals surface area (Å²) in [5.74, 6) is 1.30. The lowest BCUT2D eigenvalue weighted by Crippen LogP contribution is -2.43. The number of allylic oxidation sites excluding steroid dienone is 1. The average Bonchev–Trinajstić information content (AvgIpc) is 3.05. The summed E-state index contributed by atoms with van der Waals surface area (Å²) in [5.41, 5.74) is 4.45. The lowest BCUT2D eigenvalue weighted by molar-refractivity contribution is -0.115. The number of unbranched alkanes of at least 4 members (excludes halogenated alkanes) is 2. The molecule has 1 unspecified atom stereocenters. The number of methoxy groups -OCH3 is 1. The fraction of sp³-hybridized carbons (Fsp3) is 0.679. The Hall–Kier alpha value is -1.43. The molecule has 0 spiro atoms. The van der Waals surface area contributed by atoms with E-state index in [0.717, 1.165) is 49.0 Å². The molecule has 5 heteroatoms. The standard InChI is InChI=1S/C28H44O4Si/c1-8-9-10-12-20(29)15-16-22-24(30)18-19-17-23-21(13-11-14-25(23)31-5)27(26(19)22)32-33(6,7)28(2,3)4/h11,13-14,19-20,27,29H,8-10,12,15-18H2,1-7H3/t19-,20+,27?/m1/s1. The number of hydrogen-bond acceptors (Lipinski definition) is 4. The molecular weight excluding hydrogens is 428 g/mol. The van der Waals surface area contributed by atoms with Gasteiger partial charge < -0.3 is 14.3 Å². The molecule has 0 saturated heterocycles. The van der Waals surface area contributed by atoms with Crippen molar-refractivity contribution in [3.8, 4) is 5.75 Å². The van der Waals surface area contributed by atoms with Crippen LogP contribution >= 0.6 is 0 Å². The van der Waals surface area contributed by atoms with Crippen molar-refractivity contribution in [3.05, 3.63) is 40.5 Å². The van der Waals surface area contributed by atoms with E-state index in [1.165, 1.54) is 11.1 Å². The Morgan fingerprint density at radius 1 is 1.15 bits per heavy atom. The molecule has 2 aliphatic carbocycles. The lowest BCUT2D eigenvalue weighted by atomic mass is 9.78. The second-order valence-corrected chi connectivity index (χ2v) is 16.2. The molecule has 0 bridgehead atoms. The van der Waals surface area contributed by atoms with Crippen LogP contribution in [0.15, 0.2) is 29.3 Å².